The maximum absolute atomic E-state index is 10.5. The van der Waals surface area contributed by atoms with Crippen LogP contribution in [0.5, 0.6) is 0 Å². The van der Waals surface area contributed by atoms with E-state index in [1.54, 1.807) is 15.9 Å². The number of carboxylic acid groups (broad SMARTS) is 1. The van der Waals surface area contributed by atoms with Crippen LogP contribution in [0.3, 0.4) is 0 Å². The lowest BCUT2D eigenvalue weighted by molar-refractivity contribution is 0.0691. The SMILES string of the molecule is O=C(O)c1cn(Cc2cccs2)cn1. The van der Waals surface area contributed by atoms with Crippen LogP contribution in [-0.4, -0.2) is 20.6 Å². The standard InChI is InChI=1S/C9H8N2O2S/c12-9(13)8-5-11(6-10-8)4-7-2-1-3-14-7/h1-3,5-6H,4H2,(H,12,13). The Balaban J connectivity index is 2.14. The van der Waals surface area contributed by atoms with E-state index < -0.39 is 5.97 Å². The maximum Gasteiger partial charge on any atom is 0.356 e. The molecule has 2 aromatic heterocycles. The summed E-state index contributed by atoms with van der Waals surface area (Å²) in [6.45, 7) is 0.679. The van der Waals surface area contributed by atoms with Gasteiger partial charge in [-0.25, -0.2) is 9.78 Å². The summed E-state index contributed by atoms with van der Waals surface area (Å²) in [5.41, 5.74) is 0.0848. The van der Waals surface area contributed by atoms with Crippen molar-refractivity contribution in [3.05, 3.63) is 40.6 Å². The fourth-order valence-corrected chi connectivity index (χ4v) is 1.85. The summed E-state index contributed by atoms with van der Waals surface area (Å²) in [5.74, 6) is -0.991. The second-order valence-electron chi connectivity index (χ2n) is 2.82. The first-order chi connectivity index (χ1) is 6.75. The summed E-state index contributed by atoms with van der Waals surface area (Å²) in [7, 11) is 0. The molecule has 0 aromatic carbocycles. The van der Waals surface area contributed by atoms with Gasteiger partial charge in [-0.15, -0.1) is 11.3 Å². The number of imidazole rings is 1. The molecule has 14 heavy (non-hydrogen) atoms. The third kappa shape index (κ3) is 1.82. The van der Waals surface area contributed by atoms with Gasteiger partial charge in [-0.1, -0.05) is 6.07 Å². The third-order valence-electron chi connectivity index (χ3n) is 1.77. The molecule has 5 heteroatoms. The molecular weight excluding hydrogens is 200 g/mol. The highest BCUT2D eigenvalue weighted by Crippen LogP contribution is 2.10. The molecule has 0 saturated heterocycles. The van der Waals surface area contributed by atoms with Gasteiger partial charge in [0.05, 0.1) is 12.9 Å². The molecular formula is C9H8N2O2S. The van der Waals surface area contributed by atoms with Gasteiger partial charge in [0.2, 0.25) is 0 Å². The Labute approximate surface area is 84.5 Å². The topological polar surface area (TPSA) is 55.1 Å². The van der Waals surface area contributed by atoms with Gasteiger partial charge in [0.25, 0.3) is 0 Å². The molecule has 2 rings (SSSR count). The smallest absolute Gasteiger partial charge is 0.356 e. The van der Waals surface area contributed by atoms with E-state index in [0.717, 1.165) is 0 Å². The van der Waals surface area contributed by atoms with Gasteiger partial charge < -0.3 is 9.67 Å². The predicted octanol–water partition coefficient (Wildman–Crippen LogP) is 1.69. The van der Waals surface area contributed by atoms with E-state index in [4.69, 9.17) is 5.11 Å². The molecule has 0 bridgehead atoms. The largest absolute Gasteiger partial charge is 0.476 e. The number of hydrogen-bond donors (Lipinski definition) is 1. The monoisotopic (exact) mass is 208 g/mol. The number of aromatic nitrogens is 2. The van der Waals surface area contributed by atoms with Crippen molar-refractivity contribution in [1.82, 2.24) is 9.55 Å². The van der Waals surface area contributed by atoms with E-state index in [0.29, 0.717) is 6.54 Å². The van der Waals surface area contributed by atoms with Crippen LogP contribution < -0.4 is 0 Å². The van der Waals surface area contributed by atoms with E-state index in [9.17, 15) is 4.79 Å². The van der Waals surface area contributed by atoms with Gasteiger partial charge in [-0.05, 0) is 11.4 Å². The fourth-order valence-electron chi connectivity index (χ4n) is 1.14. The molecule has 2 heterocycles. The lowest BCUT2D eigenvalue weighted by Gasteiger charge is -1.96. The molecule has 0 radical (unpaired) electrons. The summed E-state index contributed by atoms with van der Waals surface area (Å²) < 4.78 is 1.76. The van der Waals surface area contributed by atoms with Crippen LogP contribution in [0.1, 0.15) is 15.4 Å². The Bertz CT molecular complexity index is 433. The highest BCUT2D eigenvalue weighted by atomic mass is 32.1. The number of aromatic carboxylic acids is 1. The molecule has 4 nitrogen and oxygen atoms in total. The fraction of sp³-hybridized carbons (Fsp3) is 0.111. The first kappa shape index (κ1) is 8.96. The Morgan fingerprint density at radius 2 is 2.50 bits per heavy atom. The first-order valence-corrected chi connectivity index (χ1v) is 4.91. The Kier molecular flexibility index (Phi) is 2.32. The average Bonchev–Trinajstić information content (AvgIpc) is 2.75. The Morgan fingerprint density at radius 1 is 1.64 bits per heavy atom. The van der Waals surface area contributed by atoms with Crippen molar-refractivity contribution in [3.8, 4) is 0 Å². The predicted molar refractivity (Wildman–Crippen MR) is 52.6 cm³/mol. The molecule has 72 valence electrons. The van der Waals surface area contributed by atoms with Gasteiger partial charge in [-0.3, -0.25) is 0 Å². The van der Waals surface area contributed by atoms with E-state index in [1.165, 1.54) is 17.4 Å². The van der Waals surface area contributed by atoms with Gasteiger partial charge >= 0.3 is 5.97 Å². The quantitative estimate of drug-likeness (QED) is 0.835. The van der Waals surface area contributed by atoms with Gasteiger partial charge in [0.1, 0.15) is 0 Å². The zero-order valence-electron chi connectivity index (χ0n) is 7.25. The summed E-state index contributed by atoms with van der Waals surface area (Å²) in [5, 5.41) is 10.6. The van der Waals surface area contributed by atoms with Crippen LogP contribution in [0.2, 0.25) is 0 Å². The molecule has 0 saturated carbocycles. The second kappa shape index (κ2) is 3.63. The molecule has 0 aliphatic rings. The van der Waals surface area contributed by atoms with E-state index in [1.807, 2.05) is 17.5 Å². The zero-order valence-corrected chi connectivity index (χ0v) is 8.07. The molecule has 0 spiro atoms. The normalized spacial score (nSPS) is 10.3. The Morgan fingerprint density at radius 3 is 3.07 bits per heavy atom. The second-order valence-corrected chi connectivity index (χ2v) is 3.85. The third-order valence-corrected chi connectivity index (χ3v) is 2.63. The summed E-state index contributed by atoms with van der Waals surface area (Å²) in [6.07, 6.45) is 3.06. The van der Waals surface area contributed by atoms with Gasteiger partial charge in [0.15, 0.2) is 5.69 Å². The molecule has 0 atom stereocenters. The van der Waals surface area contributed by atoms with Crippen molar-refractivity contribution in [2.75, 3.05) is 0 Å². The number of nitrogens with zero attached hydrogens (tertiary/aromatic N) is 2. The van der Waals surface area contributed by atoms with E-state index >= 15 is 0 Å². The van der Waals surface area contributed by atoms with Gasteiger partial charge in [-0.2, -0.15) is 0 Å². The minimum absolute atomic E-state index is 0.0848. The number of rotatable bonds is 3. The number of carbonyl (C=O) groups is 1. The Hall–Kier alpha value is -1.62. The molecule has 0 unspecified atom stereocenters. The molecule has 0 aliphatic carbocycles. The first-order valence-electron chi connectivity index (χ1n) is 4.03. The highest BCUT2D eigenvalue weighted by Gasteiger charge is 2.06. The lowest BCUT2D eigenvalue weighted by atomic mass is 10.4. The van der Waals surface area contributed by atoms with Gasteiger partial charge in [0, 0.05) is 11.1 Å². The van der Waals surface area contributed by atoms with Crippen molar-refractivity contribution in [2.45, 2.75) is 6.54 Å². The molecule has 0 amide bonds. The van der Waals surface area contributed by atoms with Crippen LogP contribution in [0.25, 0.3) is 0 Å². The average molecular weight is 208 g/mol. The van der Waals surface area contributed by atoms with Crippen LogP contribution in [0, 0.1) is 0 Å². The zero-order chi connectivity index (χ0) is 9.97. The van der Waals surface area contributed by atoms with Crippen LogP contribution in [0.15, 0.2) is 30.0 Å². The minimum atomic E-state index is -0.991. The van der Waals surface area contributed by atoms with E-state index in [-0.39, 0.29) is 5.69 Å². The number of hydrogen-bond acceptors (Lipinski definition) is 3. The number of thiophene rings is 1. The van der Waals surface area contributed by atoms with Crippen LogP contribution in [0.4, 0.5) is 0 Å². The number of carboxylic acids is 1. The maximum atomic E-state index is 10.5. The molecule has 2 aromatic rings. The summed E-state index contributed by atoms with van der Waals surface area (Å²) in [4.78, 5) is 15.5. The van der Waals surface area contributed by atoms with Crippen LogP contribution >= 0.6 is 11.3 Å². The highest BCUT2D eigenvalue weighted by molar-refractivity contribution is 7.09. The van der Waals surface area contributed by atoms with Crippen molar-refractivity contribution < 1.29 is 9.90 Å². The van der Waals surface area contributed by atoms with Crippen molar-refractivity contribution in [3.63, 3.8) is 0 Å². The summed E-state index contributed by atoms with van der Waals surface area (Å²) >= 11 is 1.64. The summed E-state index contributed by atoms with van der Waals surface area (Å²) in [6, 6.07) is 3.97. The van der Waals surface area contributed by atoms with Crippen molar-refractivity contribution in [2.24, 2.45) is 0 Å². The van der Waals surface area contributed by atoms with Crippen molar-refractivity contribution >= 4 is 17.3 Å². The molecule has 0 fully saturated rings. The minimum Gasteiger partial charge on any atom is -0.476 e. The molecule has 1 N–H and O–H groups in total. The van der Waals surface area contributed by atoms with E-state index in [2.05, 4.69) is 4.98 Å². The lowest BCUT2D eigenvalue weighted by Crippen LogP contribution is -1.97. The van der Waals surface area contributed by atoms with Crippen LogP contribution in [-0.2, 0) is 6.54 Å². The van der Waals surface area contributed by atoms with Crippen molar-refractivity contribution in [1.29, 1.82) is 0 Å². The molecule has 0 aliphatic heterocycles.